The summed E-state index contributed by atoms with van der Waals surface area (Å²) in [4.78, 5) is 2.40. The number of nitrogens with two attached hydrogens (primary N) is 1. The second kappa shape index (κ2) is 9.66. The van der Waals surface area contributed by atoms with Crippen molar-refractivity contribution in [3.05, 3.63) is 0 Å². The molecule has 1 unspecified atom stereocenters. The normalized spacial score (nSPS) is 24.0. The topological polar surface area (TPSA) is 57.0 Å². The average molecular weight is 274 g/mol. The zero-order chi connectivity index (χ0) is 14.0. The Morgan fingerprint density at radius 2 is 1.79 bits per heavy atom. The quantitative estimate of drug-likeness (QED) is 0.599. The third kappa shape index (κ3) is 5.36. The highest BCUT2D eigenvalue weighted by Crippen LogP contribution is 2.25. The first kappa shape index (κ1) is 16.9. The maximum Gasteiger partial charge on any atom is 0.0662 e. The lowest BCUT2D eigenvalue weighted by Crippen LogP contribution is -2.60. The fourth-order valence-corrected chi connectivity index (χ4v) is 2.60. The molecular formula is C14H30N2O3. The summed E-state index contributed by atoms with van der Waals surface area (Å²) >= 11 is 0. The predicted octanol–water partition coefficient (Wildman–Crippen LogP) is 0.869. The summed E-state index contributed by atoms with van der Waals surface area (Å²) in [6, 6.07) is 0. The Kier molecular flexibility index (Phi) is 8.57. The van der Waals surface area contributed by atoms with Gasteiger partial charge >= 0.3 is 0 Å². The van der Waals surface area contributed by atoms with E-state index in [0.717, 1.165) is 65.6 Å². The van der Waals surface area contributed by atoms with E-state index in [2.05, 4.69) is 4.90 Å². The summed E-state index contributed by atoms with van der Waals surface area (Å²) in [5, 5.41) is 0. The molecule has 0 aliphatic carbocycles. The van der Waals surface area contributed by atoms with Crippen LogP contribution in [0.25, 0.3) is 0 Å². The van der Waals surface area contributed by atoms with Gasteiger partial charge in [0.25, 0.3) is 0 Å². The van der Waals surface area contributed by atoms with Crippen LogP contribution in [0.1, 0.15) is 26.7 Å². The molecule has 0 amide bonds. The van der Waals surface area contributed by atoms with E-state index in [-0.39, 0.29) is 5.54 Å². The number of hydrogen-bond acceptors (Lipinski definition) is 5. The highest BCUT2D eigenvalue weighted by atomic mass is 16.5. The molecular weight excluding hydrogens is 244 g/mol. The summed E-state index contributed by atoms with van der Waals surface area (Å²) in [5.74, 6) is 0. The lowest BCUT2D eigenvalue weighted by Gasteiger charge is -2.45. The molecule has 5 nitrogen and oxygen atoms in total. The maximum atomic E-state index is 6.04. The van der Waals surface area contributed by atoms with E-state index in [1.54, 1.807) is 0 Å². The van der Waals surface area contributed by atoms with Crippen LogP contribution in [-0.4, -0.2) is 69.7 Å². The van der Waals surface area contributed by atoms with Crippen LogP contribution < -0.4 is 5.73 Å². The molecule has 0 bridgehead atoms. The van der Waals surface area contributed by atoms with Crippen molar-refractivity contribution in [1.82, 2.24) is 4.90 Å². The molecule has 1 saturated heterocycles. The second-order valence-electron chi connectivity index (χ2n) is 4.97. The Hall–Kier alpha value is -0.200. The van der Waals surface area contributed by atoms with Crippen LogP contribution in [0.4, 0.5) is 0 Å². The summed E-state index contributed by atoms with van der Waals surface area (Å²) in [6.45, 7) is 11.0. The van der Waals surface area contributed by atoms with Crippen LogP contribution >= 0.6 is 0 Å². The smallest absolute Gasteiger partial charge is 0.0662 e. The largest absolute Gasteiger partial charge is 0.380 e. The minimum atomic E-state index is -0.0353. The van der Waals surface area contributed by atoms with Crippen molar-refractivity contribution in [3.63, 3.8) is 0 Å². The molecule has 1 aliphatic heterocycles. The second-order valence-corrected chi connectivity index (χ2v) is 4.97. The summed E-state index contributed by atoms with van der Waals surface area (Å²) in [6.07, 6.45) is 2.18. The molecule has 2 N–H and O–H groups in total. The molecule has 0 aromatic rings. The van der Waals surface area contributed by atoms with E-state index in [4.69, 9.17) is 19.9 Å². The van der Waals surface area contributed by atoms with E-state index >= 15 is 0 Å². The highest BCUT2D eigenvalue weighted by Gasteiger charge is 2.37. The predicted molar refractivity (Wildman–Crippen MR) is 76.4 cm³/mol. The van der Waals surface area contributed by atoms with Gasteiger partial charge in [-0.3, -0.25) is 4.90 Å². The summed E-state index contributed by atoms with van der Waals surface area (Å²) < 4.78 is 16.6. The molecule has 0 saturated carbocycles. The van der Waals surface area contributed by atoms with Gasteiger partial charge in [0, 0.05) is 39.5 Å². The Balaban J connectivity index is 2.56. The fraction of sp³-hybridized carbons (Fsp3) is 1.00. The number of hydrogen-bond donors (Lipinski definition) is 1. The van der Waals surface area contributed by atoms with Crippen LogP contribution in [0.15, 0.2) is 0 Å². The Bertz CT molecular complexity index is 211. The van der Waals surface area contributed by atoms with E-state index in [1.165, 1.54) is 0 Å². The van der Waals surface area contributed by atoms with Gasteiger partial charge in [0.1, 0.15) is 0 Å². The molecule has 5 heteroatoms. The molecule has 1 heterocycles. The average Bonchev–Trinajstić information content (AvgIpc) is 2.46. The van der Waals surface area contributed by atoms with Gasteiger partial charge in [-0.15, -0.1) is 0 Å². The van der Waals surface area contributed by atoms with Gasteiger partial charge in [-0.2, -0.15) is 0 Å². The van der Waals surface area contributed by atoms with E-state index in [9.17, 15) is 0 Å². The van der Waals surface area contributed by atoms with Gasteiger partial charge < -0.3 is 19.9 Å². The van der Waals surface area contributed by atoms with Gasteiger partial charge in [-0.1, -0.05) is 0 Å². The van der Waals surface area contributed by atoms with Crippen molar-refractivity contribution in [2.75, 3.05) is 59.3 Å². The van der Waals surface area contributed by atoms with E-state index < -0.39 is 0 Å². The Morgan fingerprint density at radius 1 is 1.16 bits per heavy atom. The van der Waals surface area contributed by atoms with Crippen molar-refractivity contribution in [2.24, 2.45) is 5.73 Å². The highest BCUT2D eigenvalue weighted by molar-refractivity contribution is 4.93. The minimum absolute atomic E-state index is 0.0353. The molecule has 1 atom stereocenters. The third-order valence-electron chi connectivity index (χ3n) is 3.77. The summed E-state index contributed by atoms with van der Waals surface area (Å²) in [7, 11) is 0. The molecule has 0 spiro atoms. The number of ether oxygens (including phenoxy) is 3. The van der Waals surface area contributed by atoms with Gasteiger partial charge in [-0.05, 0) is 26.7 Å². The van der Waals surface area contributed by atoms with Crippen LogP contribution in [0.3, 0.4) is 0 Å². The molecule has 0 aromatic heterocycles. The molecule has 0 radical (unpaired) electrons. The molecule has 19 heavy (non-hydrogen) atoms. The van der Waals surface area contributed by atoms with Crippen LogP contribution in [-0.2, 0) is 14.2 Å². The zero-order valence-corrected chi connectivity index (χ0v) is 12.5. The first-order valence-electron chi connectivity index (χ1n) is 7.47. The molecule has 1 aliphatic rings. The maximum absolute atomic E-state index is 6.04. The third-order valence-corrected chi connectivity index (χ3v) is 3.77. The van der Waals surface area contributed by atoms with Crippen LogP contribution in [0.5, 0.6) is 0 Å². The van der Waals surface area contributed by atoms with E-state index in [1.807, 2.05) is 13.8 Å². The summed E-state index contributed by atoms with van der Waals surface area (Å²) in [5.41, 5.74) is 6.01. The van der Waals surface area contributed by atoms with Crippen LogP contribution in [0, 0.1) is 0 Å². The lowest BCUT2D eigenvalue weighted by molar-refractivity contribution is -0.0612. The zero-order valence-electron chi connectivity index (χ0n) is 12.5. The standard InChI is InChI=1S/C14H30N2O3/c1-3-17-10-7-16(8-11-18-4-2)14(12-15)6-5-9-19-13-14/h3-13,15H2,1-2H3. The van der Waals surface area contributed by atoms with Crippen molar-refractivity contribution in [3.8, 4) is 0 Å². The van der Waals surface area contributed by atoms with Crippen molar-refractivity contribution < 1.29 is 14.2 Å². The lowest BCUT2D eigenvalue weighted by atomic mass is 9.90. The Labute approximate surface area is 117 Å². The van der Waals surface area contributed by atoms with Crippen LogP contribution in [0.2, 0.25) is 0 Å². The monoisotopic (exact) mass is 274 g/mol. The van der Waals surface area contributed by atoms with Gasteiger partial charge in [0.15, 0.2) is 0 Å². The number of rotatable bonds is 10. The minimum Gasteiger partial charge on any atom is -0.380 e. The van der Waals surface area contributed by atoms with Crippen molar-refractivity contribution >= 4 is 0 Å². The number of nitrogens with zero attached hydrogens (tertiary/aromatic N) is 1. The van der Waals surface area contributed by atoms with Gasteiger partial charge in [0.2, 0.25) is 0 Å². The SMILES string of the molecule is CCOCCN(CCOCC)C1(CN)CCCOC1. The fourth-order valence-electron chi connectivity index (χ4n) is 2.60. The van der Waals surface area contributed by atoms with Gasteiger partial charge in [-0.25, -0.2) is 0 Å². The van der Waals surface area contributed by atoms with Crippen molar-refractivity contribution in [2.45, 2.75) is 32.2 Å². The van der Waals surface area contributed by atoms with Gasteiger partial charge in [0.05, 0.1) is 25.4 Å². The Morgan fingerprint density at radius 3 is 2.21 bits per heavy atom. The molecule has 0 aromatic carbocycles. The van der Waals surface area contributed by atoms with Crippen molar-refractivity contribution in [1.29, 1.82) is 0 Å². The molecule has 1 fully saturated rings. The first-order chi connectivity index (χ1) is 9.29. The molecule has 114 valence electrons. The molecule has 1 rings (SSSR count). The first-order valence-corrected chi connectivity index (χ1v) is 7.47. The van der Waals surface area contributed by atoms with E-state index in [0.29, 0.717) is 6.54 Å².